The number of nitrogens with one attached hydrogen (secondary N) is 1. The van der Waals surface area contributed by atoms with Gasteiger partial charge in [0.1, 0.15) is 12.0 Å². The number of nitrogens with two attached hydrogens (primary N) is 2. The van der Waals surface area contributed by atoms with E-state index in [1.54, 1.807) is 0 Å². The van der Waals surface area contributed by atoms with E-state index in [9.17, 15) is 8.42 Å². The average molecular weight is 252 g/mol. The minimum Gasteiger partial charge on any atom is -0.393 e. The maximum atomic E-state index is 10.6. The van der Waals surface area contributed by atoms with E-state index in [4.69, 9.17) is 22.5 Å². The summed E-state index contributed by atoms with van der Waals surface area (Å²) in [5.41, 5.74) is 5.71. The number of primary sulfonamides is 1. The second-order valence-electron chi connectivity index (χ2n) is 2.72. The maximum Gasteiger partial charge on any atom is 0.210 e. The average Bonchev–Trinajstić information content (AvgIpc) is 2.10. The van der Waals surface area contributed by atoms with E-state index in [-0.39, 0.29) is 23.1 Å². The van der Waals surface area contributed by atoms with Crippen molar-refractivity contribution < 1.29 is 8.42 Å². The highest BCUT2D eigenvalue weighted by Gasteiger charge is 2.07. The zero-order valence-electron chi connectivity index (χ0n) is 7.64. The Kier molecular flexibility index (Phi) is 3.66. The maximum absolute atomic E-state index is 10.6. The highest BCUT2D eigenvalue weighted by molar-refractivity contribution is 7.89. The van der Waals surface area contributed by atoms with Gasteiger partial charge in [0.15, 0.2) is 11.0 Å². The number of nitrogens with zero attached hydrogens (tertiary/aromatic N) is 2. The molecular weight excluding hydrogens is 242 g/mol. The molecule has 0 radical (unpaired) electrons. The number of rotatable bonds is 4. The smallest absolute Gasteiger partial charge is 0.210 e. The predicted molar refractivity (Wildman–Crippen MR) is 57.9 cm³/mol. The zero-order valence-corrected chi connectivity index (χ0v) is 9.22. The van der Waals surface area contributed by atoms with Gasteiger partial charge in [-0.3, -0.25) is 0 Å². The van der Waals surface area contributed by atoms with Crippen molar-refractivity contribution in [3.8, 4) is 0 Å². The molecule has 0 aliphatic heterocycles. The normalized spacial score (nSPS) is 11.3. The second-order valence-corrected chi connectivity index (χ2v) is 4.81. The van der Waals surface area contributed by atoms with Crippen LogP contribution in [0.5, 0.6) is 0 Å². The molecule has 0 amide bonds. The van der Waals surface area contributed by atoms with Crippen LogP contribution in [0.3, 0.4) is 0 Å². The van der Waals surface area contributed by atoms with Gasteiger partial charge >= 0.3 is 0 Å². The molecule has 0 bridgehead atoms. The van der Waals surface area contributed by atoms with Crippen molar-refractivity contribution in [2.24, 2.45) is 5.14 Å². The van der Waals surface area contributed by atoms with Crippen LogP contribution < -0.4 is 16.2 Å². The van der Waals surface area contributed by atoms with Gasteiger partial charge < -0.3 is 11.1 Å². The van der Waals surface area contributed by atoms with Crippen molar-refractivity contribution in [3.05, 3.63) is 11.5 Å². The molecule has 1 aromatic heterocycles. The van der Waals surface area contributed by atoms with Crippen LogP contribution in [0.2, 0.25) is 5.15 Å². The lowest BCUT2D eigenvalue weighted by Crippen LogP contribution is -2.23. The van der Waals surface area contributed by atoms with E-state index < -0.39 is 10.0 Å². The summed E-state index contributed by atoms with van der Waals surface area (Å²) in [5, 5.41) is 7.61. The summed E-state index contributed by atoms with van der Waals surface area (Å²) < 4.78 is 21.2. The summed E-state index contributed by atoms with van der Waals surface area (Å²) in [5.74, 6) is 0.0762. The number of aromatic nitrogens is 2. The lowest BCUT2D eigenvalue weighted by atomic mass is 10.5. The molecule has 0 unspecified atom stereocenters. The van der Waals surface area contributed by atoms with Crippen LogP contribution in [0.1, 0.15) is 0 Å². The Bertz CT molecular complexity index is 449. The van der Waals surface area contributed by atoms with Crippen LogP contribution in [-0.2, 0) is 10.0 Å². The monoisotopic (exact) mass is 251 g/mol. The van der Waals surface area contributed by atoms with E-state index in [0.717, 1.165) is 0 Å². The van der Waals surface area contributed by atoms with E-state index in [1.807, 2.05) is 0 Å². The van der Waals surface area contributed by atoms with Crippen LogP contribution >= 0.6 is 11.6 Å². The van der Waals surface area contributed by atoms with Gasteiger partial charge in [-0.1, -0.05) is 11.6 Å². The predicted octanol–water partition coefficient (Wildman–Crippen LogP) is -0.587. The van der Waals surface area contributed by atoms with Gasteiger partial charge in [-0.25, -0.2) is 23.5 Å². The summed E-state index contributed by atoms with van der Waals surface area (Å²) >= 11 is 5.62. The molecule has 0 aromatic carbocycles. The molecule has 0 atom stereocenters. The molecule has 9 heteroatoms. The Balaban J connectivity index is 2.62. The third-order valence-corrected chi connectivity index (χ3v) is 2.59. The standard InChI is InChI=1S/C6H10ClN5O2S/c7-5-4(8)6(12-3-11-5)10-1-2-15(9,13)14/h3H,1-2,8H2,(H2,9,13,14)(H,10,11,12). The molecule has 1 heterocycles. The molecule has 1 rings (SSSR count). The van der Waals surface area contributed by atoms with Gasteiger partial charge in [-0.15, -0.1) is 0 Å². The molecule has 5 N–H and O–H groups in total. The zero-order chi connectivity index (χ0) is 11.5. The third kappa shape index (κ3) is 3.86. The molecule has 0 saturated carbocycles. The molecule has 0 aliphatic carbocycles. The van der Waals surface area contributed by atoms with Crippen molar-refractivity contribution in [2.75, 3.05) is 23.3 Å². The summed E-state index contributed by atoms with van der Waals surface area (Å²) in [6.45, 7) is 0.108. The SMILES string of the molecule is Nc1c(Cl)ncnc1NCCS(N)(=O)=O. The Labute approximate surface area is 91.9 Å². The molecular formula is C6H10ClN5O2S. The topological polar surface area (TPSA) is 124 Å². The minimum absolute atomic E-state index is 0.108. The molecule has 7 nitrogen and oxygen atoms in total. The summed E-state index contributed by atoms with van der Waals surface area (Å²) in [7, 11) is -3.50. The molecule has 0 spiro atoms. The highest BCUT2D eigenvalue weighted by atomic mass is 35.5. The Morgan fingerprint density at radius 3 is 2.73 bits per heavy atom. The van der Waals surface area contributed by atoms with Gasteiger partial charge in [0.05, 0.1) is 5.75 Å². The van der Waals surface area contributed by atoms with Crippen LogP contribution in [0.15, 0.2) is 6.33 Å². The van der Waals surface area contributed by atoms with Crippen molar-refractivity contribution >= 4 is 33.1 Å². The number of nitrogen functional groups attached to an aromatic ring is 1. The van der Waals surface area contributed by atoms with Crippen molar-refractivity contribution in [1.29, 1.82) is 0 Å². The number of sulfonamides is 1. The largest absolute Gasteiger partial charge is 0.393 e. The van der Waals surface area contributed by atoms with Gasteiger partial charge in [0.25, 0.3) is 0 Å². The van der Waals surface area contributed by atoms with E-state index in [1.165, 1.54) is 6.33 Å². The van der Waals surface area contributed by atoms with Crippen LogP contribution in [0.4, 0.5) is 11.5 Å². The fourth-order valence-electron chi connectivity index (χ4n) is 0.827. The molecule has 1 aromatic rings. The summed E-state index contributed by atoms with van der Waals surface area (Å²) in [4.78, 5) is 7.43. The van der Waals surface area contributed by atoms with Crippen LogP contribution in [-0.4, -0.2) is 30.7 Å². The fraction of sp³-hybridized carbons (Fsp3) is 0.333. The highest BCUT2D eigenvalue weighted by Crippen LogP contribution is 2.21. The molecule has 0 aliphatic rings. The summed E-state index contributed by atoms with van der Waals surface area (Å²) in [6, 6.07) is 0. The molecule has 15 heavy (non-hydrogen) atoms. The van der Waals surface area contributed by atoms with Crippen molar-refractivity contribution in [2.45, 2.75) is 0 Å². The molecule has 0 saturated heterocycles. The van der Waals surface area contributed by atoms with Gasteiger partial charge in [0.2, 0.25) is 10.0 Å². The van der Waals surface area contributed by atoms with Crippen LogP contribution in [0, 0.1) is 0 Å². The minimum atomic E-state index is -3.50. The third-order valence-electron chi connectivity index (χ3n) is 1.51. The van der Waals surface area contributed by atoms with Crippen molar-refractivity contribution in [1.82, 2.24) is 9.97 Å². The lowest BCUT2D eigenvalue weighted by Gasteiger charge is -2.07. The first-order chi connectivity index (χ1) is 6.90. The number of halogens is 1. The number of hydrogen-bond donors (Lipinski definition) is 3. The van der Waals surface area contributed by atoms with E-state index in [0.29, 0.717) is 5.82 Å². The Morgan fingerprint density at radius 2 is 2.13 bits per heavy atom. The Hall–Kier alpha value is -1.12. The fourth-order valence-corrected chi connectivity index (χ4v) is 1.35. The van der Waals surface area contributed by atoms with Gasteiger partial charge in [0, 0.05) is 6.54 Å². The van der Waals surface area contributed by atoms with E-state index >= 15 is 0 Å². The van der Waals surface area contributed by atoms with Gasteiger partial charge in [-0.05, 0) is 0 Å². The first-order valence-corrected chi connectivity index (χ1v) is 6.00. The quantitative estimate of drug-likeness (QED) is 0.615. The number of hydrogen-bond acceptors (Lipinski definition) is 6. The Morgan fingerprint density at radius 1 is 1.47 bits per heavy atom. The molecule has 84 valence electrons. The second kappa shape index (κ2) is 4.60. The number of anilines is 2. The van der Waals surface area contributed by atoms with E-state index in [2.05, 4.69) is 15.3 Å². The lowest BCUT2D eigenvalue weighted by molar-refractivity contribution is 0.598. The first kappa shape index (κ1) is 12.0. The molecule has 0 fully saturated rings. The van der Waals surface area contributed by atoms with Crippen molar-refractivity contribution in [3.63, 3.8) is 0 Å². The first-order valence-electron chi connectivity index (χ1n) is 3.90. The van der Waals surface area contributed by atoms with Gasteiger partial charge in [-0.2, -0.15) is 0 Å². The van der Waals surface area contributed by atoms with Crippen LogP contribution in [0.25, 0.3) is 0 Å². The summed E-state index contributed by atoms with van der Waals surface area (Å²) in [6.07, 6.45) is 1.22.